The Morgan fingerprint density at radius 1 is 1.15 bits per heavy atom. The number of nitrogens with two attached hydrogens (primary N) is 1. The number of nitrogens with one attached hydrogen (secondary N) is 1. The van der Waals surface area contributed by atoms with Gasteiger partial charge in [-0.1, -0.05) is 43.3 Å². The Hall–Kier alpha value is -1.65. The van der Waals surface area contributed by atoms with Crippen LogP contribution in [-0.4, -0.2) is 11.9 Å². The molecule has 4 heteroatoms. The first-order valence-electron chi connectivity index (χ1n) is 6.74. The third-order valence-corrected chi connectivity index (χ3v) is 4.39. The molecule has 0 aliphatic carbocycles. The predicted molar refractivity (Wildman–Crippen MR) is 83.6 cm³/mol. The van der Waals surface area contributed by atoms with Gasteiger partial charge in [0.05, 0.1) is 6.04 Å². The SMILES string of the molecule is CC(N)C(C)C(=O)NC(c1ccccc1)c1cccs1. The summed E-state index contributed by atoms with van der Waals surface area (Å²) < 4.78 is 0. The number of carbonyl (C=O) groups is 1. The molecule has 0 bridgehead atoms. The molecular weight excluding hydrogens is 268 g/mol. The van der Waals surface area contributed by atoms with Crippen LogP contribution in [0, 0.1) is 5.92 Å². The molecule has 3 unspecified atom stereocenters. The number of thiophene rings is 1. The largest absolute Gasteiger partial charge is 0.344 e. The fraction of sp³-hybridized carbons (Fsp3) is 0.312. The van der Waals surface area contributed by atoms with Crippen LogP contribution in [-0.2, 0) is 4.79 Å². The van der Waals surface area contributed by atoms with Crippen LogP contribution in [0.5, 0.6) is 0 Å². The van der Waals surface area contributed by atoms with Crippen molar-refractivity contribution in [3.8, 4) is 0 Å². The van der Waals surface area contributed by atoms with E-state index in [1.165, 1.54) is 0 Å². The molecule has 106 valence electrons. The molecule has 1 amide bonds. The average Bonchev–Trinajstić information content (AvgIpc) is 2.98. The molecule has 0 radical (unpaired) electrons. The van der Waals surface area contributed by atoms with Crippen molar-refractivity contribution in [3.63, 3.8) is 0 Å². The summed E-state index contributed by atoms with van der Waals surface area (Å²) in [6.45, 7) is 3.71. The topological polar surface area (TPSA) is 55.1 Å². The van der Waals surface area contributed by atoms with E-state index in [0.717, 1.165) is 10.4 Å². The molecule has 2 aromatic rings. The lowest BCUT2D eigenvalue weighted by molar-refractivity contribution is -0.125. The molecule has 0 spiro atoms. The molecule has 0 fully saturated rings. The van der Waals surface area contributed by atoms with Crippen molar-refractivity contribution in [2.24, 2.45) is 11.7 Å². The lowest BCUT2D eigenvalue weighted by Crippen LogP contribution is -2.40. The van der Waals surface area contributed by atoms with Gasteiger partial charge in [-0.15, -0.1) is 11.3 Å². The zero-order valence-electron chi connectivity index (χ0n) is 11.7. The van der Waals surface area contributed by atoms with Gasteiger partial charge in [0.1, 0.15) is 0 Å². The van der Waals surface area contributed by atoms with Gasteiger partial charge in [-0.05, 0) is 23.9 Å². The van der Waals surface area contributed by atoms with Crippen LogP contribution in [0.2, 0.25) is 0 Å². The Balaban J connectivity index is 2.23. The Morgan fingerprint density at radius 3 is 2.40 bits per heavy atom. The molecule has 20 heavy (non-hydrogen) atoms. The Kier molecular flexibility index (Phi) is 4.93. The van der Waals surface area contributed by atoms with Crippen molar-refractivity contribution in [1.29, 1.82) is 0 Å². The Labute approximate surface area is 123 Å². The highest BCUT2D eigenvalue weighted by molar-refractivity contribution is 7.10. The van der Waals surface area contributed by atoms with Gasteiger partial charge in [-0.25, -0.2) is 0 Å². The summed E-state index contributed by atoms with van der Waals surface area (Å²) in [5, 5.41) is 5.13. The molecule has 1 aromatic heterocycles. The van der Waals surface area contributed by atoms with Crippen molar-refractivity contribution in [2.75, 3.05) is 0 Å². The van der Waals surface area contributed by atoms with Crippen LogP contribution in [0.4, 0.5) is 0 Å². The maximum absolute atomic E-state index is 12.3. The molecular formula is C16H20N2OS. The third kappa shape index (κ3) is 3.46. The van der Waals surface area contributed by atoms with Gasteiger partial charge >= 0.3 is 0 Å². The second-order valence-corrected chi connectivity index (χ2v) is 5.99. The summed E-state index contributed by atoms with van der Waals surface area (Å²) in [5.74, 6) is -0.219. The lowest BCUT2D eigenvalue weighted by atomic mass is 10.0. The van der Waals surface area contributed by atoms with E-state index in [1.807, 2.05) is 61.7 Å². The molecule has 2 rings (SSSR count). The van der Waals surface area contributed by atoms with Crippen LogP contribution in [0.1, 0.15) is 30.3 Å². The van der Waals surface area contributed by atoms with Crippen LogP contribution in [0.15, 0.2) is 47.8 Å². The summed E-state index contributed by atoms with van der Waals surface area (Å²) in [6.07, 6.45) is 0. The minimum Gasteiger partial charge on any atom is -0.344 e. The normalized spacial score (nSPS) is 15.3. The summed E-state index contributed by atoms with van der Waals surface area (Å²) in [6, 6.07) is 13.8. The van der Waals surface area contributed by atoms with Crippen molar-refractivity contribution < 1.29 is 4.79 Å². The van der Waals surface area contributed by atoms with Crippen LogP contribution in [0.25, 0.3) is 0 Å². The molecule has 0 aliphatic heterocycles. The first kappa shape index (κ1) is 14.8. The number of benzene rings is 1. The van der Waals surface area contributed by atoms with Gasteiger partial charge in [0, 0.05) is 16.8 Å². The second-order valence-electron chi connectivity index (χ2n) is 5.02. The molecule has 3 N–H and O–H groups in total. The smallest absolute Gasteiger partial charge is 0.225 e. The second kappa shape index (κ2) is 6.68. The minimum atomic E-state index is -0.207. The predicted octanol–water partition coefficient (Wildman–Crippen LogP) is 2.94. The lowest BCUT2D eigenvalue weighted by Gasteiger charge is -2.22. The highest BCUT2D eigenvalue weighted by Gasteiger charge is 2.22. The van der Waals surface area contributed by atoms with Gasteiger partial charge in [0.15, 0.2) is 0 Å². The van der Waals surface area contributed by atoms with Crippen molar-refractivity contribution >= 4 is 17.2 Å². The highest BCUT2D eigenvalue weighted by Crippen LogP contribution is 2.26. The van der Waals surface area contributed by atoms with E-state index in [0.29, 0.717) is 0 Å². The van der Waals surface area contributed by atoms with E-state index in [9.17, 15) is 4.79 Å². The van der Waals surface area contributed by atoms with E-state index in [1.54, 1.807) is 11.3 Å². The molecule has 0 aliphatic rings. The van der Waals surface area contributed by atoms with Crippen LogP contribution < -0.4 is 11.1 Å². The van der Waals surface area contributed by atoms with E-state index >= 15 is 0 Å². The van der Waals surface area contributed by atoms with Gasteiger partial charge in [-0.3, -0.25) is 4.79 Å². The van der Waals surface area contributed by atoms with Crippen molar-refractivity contribution in [1.82, 2.24) is 5.32 Å². The Bertz CT molecular complexity index is 537. The zero-order chi connectivity index (χ0) is 14.5. The van der Waals surface area contributed by atoms with E-state index in [2.05, 4.69) is 5.32 Å². The molecule has 1 aromatic carbocycles. The summed E-state index contributed by atoms with van der Waals surface area (Å²) in [7, 11) is 0. The van der Waals surface area contributed by atoms with Crippen LogP contribution in [0.3, 0.4) is 0 Å². The van der Waals surface area contributed by atoms with Crippen molar-refractivity contribution in [3.05, 3.63) is 58.3 Å². The first-order chi connectivity index (χ1) is 9.59. The van der Waals surface area contributed by atoms with Gasteiger partial charge < -0.3 is 11.1 Å². The zero-order valence-corrected chi connectivity index (χ0v) is 12.6. The maximum Gasteiger partial charge on any atom is 0.225 e. The third-order valence-electron chi connectivity index (χ3n) is 3.45. The molecule has 3 nitrogen and oxygen atoms in total. The summed E-state index contributed by atoms with van der Waals surface area (Å²) in [4.78, 5) is 13.4. The van der Waals surface area contributed by atoms with E-state index in [-0.39, 0.29) is 23.9 Å². The molecule has 0 saturated carbocycles. The minimum absolute atomic E-state index is 0.0118. The maximum atomic E-state index is 12.3. The van der Waals surface area contributed by atoms with Gasteiger partial charge in [0.2, 0.25) is 5.91 Å². The fourth-order valence-electron chi connectivity index (χ4n) is 1.93. The van der Waals surface area contributed by atoms with E-state index in [4.69, 9.17) is 5.73 Å². The van der Waals surface area contributed by atoms with Crippen molar-refractivity contribution in [2.45, 2.75) is 25.9 Å². The quantitative estimate of drug-likeness (QED) is 0.888. The molecule has 1 heterocycles. The standard InChI is InChI=1S/C16H20N2OS/c1-11(12(2)17)16(19)18-15(14-9-6-10-20-14)13-7-4-3-5-8-13/h3-12,15H,17H2,1-2H3,(H,18,19). The highest BCUT2D eigenvalue weighted by atomic mass is 32.1. The summed E-state index contributed by atoms with van der Waals surface area (Å²) in [5.41, 5.74) is 6.90. The fourth-order valence-corrected chi connectivity index (χ4v) is 2.73. The Morgan fingerprint density at radius 2 is 1.85 bits per heavy atom. The molecule has 3 atom stereocenters. The molecule has 0 saturated heterocycles. The van der Waals surface area contributed by atoms with E-state index < -0.39 is 0 Å². The number of hydrogen-bond donors (Lipinski definition) is 2. The monoisotopic (exact) mass is 288 g/mol. The number of carbonyl (C=O) groups excluding carboxylic acids is 1. The number of rotatable bonds is 5. The van der Waals surface area contributed by atoms with Gasteiger partial charge in [0.25, 0.3) is 0 Å². The van der Waals surface area contributed by atoms with Crippen LogP contribution >= 0.6 is 11.3 Å². The van der Waals surface area contributed by atoms with Gasteiger partial charge in [-0.2, -0.15) is 0 Å². The summed E-state index contributed by atoms with van der Waals surface area (Å²) >= 11 is 1.64. The average molecular weight is 288 g/mol. The number of hydrogen-bond acceptors (Lipinski definition) is 3. The number of amides is 1. The first-order valence-corrected chi connectivity index (χ1v) is 7.62.